The summed E-state index contributed by atoms with van der Waals surface area (Å²) in [6, 6.07) is 0. The summed E-state index contributed by atoms with van der Waals surface area (Å²) in [4.78, 5) is 0. The molecule has 0 saturated carbocycles. The number of aryl methyl sites for hydroxylation is 2. The Morgan fingerprint density at radius 1 is 1.44 bits per heavy atom. The van der Waals surface area contributed by atoms with Crippen LogP contribution in [0.15, 0.2) is 0 Å². The van der Waals surface area contributed by atoms with Gasteiger partial charge in [-0.2, -0.15) is 5.10 Å². The summed E-state index contributed by atoms with van der Waals surface area (Å²) in [5, 5.41) is 8.61. The molecule has 1 heterocycles. The Morgan fingerprint density at radius 3 is 2.50 bits per heavy atom. The Morgan fingerprint density at radius 2 is 2.06 bits per heavy atom. The monoisotopic (exact) mass is 243 g/mol. The molecular weight excluding hydrogens is 222 g/mol. The van der Waals surface area contributed by atoms with Crippen molar-refractivity contribution in [2.24, 2.45) is 7.05 Å². The minimum absolute atomic E-state index is 0.149. The van der Waals surface area contributed by atoms with Crippen molar-refractivity contribution >= 4 is 11.6 Å². The van der Waals surface area contributed by atoms with E-state index in [1.807, 2.05) is 18.7 Å². The lowest BCUT2D eigenvalue weighted by Gasteiger charge is -2.25. The number of aromatic nitrogens is 2. The van der Waals surface area contributed by atoms with Crippen LogP contribution < -0.4 is 5.32 Å². The highest BCUT2D eigenvalue weighted by atomic mass is 35.5. The van der Waals surface area contributed by atoms with Crippen LogP contribution in [0.1, 0.15) is 45.0 Å². The predicted octanol–water partition coefficient (Wildman–Crippen LogP) is 3.05. The van der Waals surface area contributed by atoms with Crippen molar-refractivity contribution in [3.05, 3.63) is 16.4 Å². The van der Waals surface area contributed by atoms with Crippen molar-refractivity contribution in [2.75, 3.05) is 0 Å². The fourth-order valence-electron chi connectivity index (χ4n) is 1.91. The molecule has 0 aliphatic rings. The third-order valence-electron chi connectivity index (χ3n) is 2.87. The molecule has 0 radical (unpaired) electrons. The zero-order chi connectivity index (χ0) is 12.3. The van der Waals surface area contributed by atoms with Crippen molar-refractivity contribution < 1.29 is 0 Å². The average Bonchev–Trinajstić information content (AvgIpc) is 2.39. The maximum Gasteiger partial charge on any atom is 0.0860 e. The van der Waals surface area contributed by atoms with Gasteiger partial charge in [0.05, 0.1) is 16.4 Å². The van der Waals surface area contributed by atoms with Gasteiger partial charge >= 0.3 is 0 Å². The molecule has 92 valence electrons. The molecule has 0 bridgehead atoms. The molecule has 0 unspecified atom stereocenters. The minimum atomic E-state index is 0.149. The topological polar surface area (TPSA) is 29.9 Å². The second kappa shape index (κ2) is 5.19. The van der Waals surface area contributed by atoms with Gasteiger partial charge in [0.2, 0.25) is 0 Å². The lowest BCUT2D eigenvalue weighted by Crippen LogP contribution is -2.38. The fourth-order valence-corrected chi connectivity index (χ4v) is 2.14. The number of rotatable bonds is 5. The summed E-state index contributed by atoms with van der Waals surface area (Å²) < 4.78 is 1.85. The smallest absolute Gasteiger partial charge is 0.0860 e. The summed E-state index contributed by atoms with van der Waals surface area (Å²) in [5.41, 5.74) is 2.11. The van der Waals surface area contributed by atoms with E-state index in [-0.39, 0.29) is 5.54 Å². The van der Waals surface area contributed by atoms with Crippen molar-refractivity contribution in [1.29, 1.82) is 0 Å². The summed E-state index contributed by atoms with van der Waals surface area (Å²) in [6.45, 7) is 9.33. The van der Waals surface area contributed by atoms with Crippen molar-refractivity contribution in [1.82, 2.24) is 15.1 Å². The molecule has 0 aliphatic heterocycles. The first kappa shape index (κ1) is 13.5. The first-order valence-electron chi connectivity index (χ1n) is 5.80. The molecule has 0 saturated heterocycles. The van der Waals surface area contributed by atoms with Gasteiger partial charge in [-0.3, -0.25) is 4.68 Å². The standard InChI is InChI=1S/C12H22ClN3/c1-6-7-12(3,4)14-8-10-11(13)9(2)15-16(10)5/h14H,6-8H2,1-5H3. The molecule has 0 atom stereocenters. The van der Waals surface area contributed by atoms with Gasteiger partial charge in [-0.05, 0) is 27.2 Å². The number of halogens is 1. The maximum atomic E-state index is 6.20. The van der Waals surface area contributed by atoms with Crippen LogP contribution in [0.4, 0.5) is 0 Å². The van der Waals surface area contributed by atoms with Gasteiger partial charge in [-0.1, -0.05) is 24.9 Å². The number of hydrogen-bond donors (Lipinski definition) is 1. The van der Waals surface area contributed by atoms with E-state index >= 15 is 0 Å². The molecule has 1 aromatic heterocycles. The SMILES string of the molecule is CCCC(C)(C)NCc1c(Cl)c(C)nn1C. The van der Waals surface area contributed by atoms with Crippen LogP contribution in [0.2, 0.25) is 5.02 Å². The van der Waals surface area contributed by atoms with Gasteiger partial charge in [-0.15, -0.1) is 0 Å². The largest absolute Gasteiger partial charge is 0.306 e. The average molecular weight is 244 g/mol. The zero-order valence-electron chi connectivity index (χ0n) is 10.9. The van der Waals surface area contributed by atoms with Crippen LogP contribution in [-0.4, -0.2) is 15.3 Å². The highest BCUT2D eigenvalue weighted by Crippen LogP contribution is 2.20. The van der Waals surface area contributed by atoms with E-state index < -0.39 is 0 Å². The lowest BCUT2D eigenvalue weighted by molar-refractivity contribution is 0.352. The quantitative estimate of drug-likeness (QED) is 0.862. The Kier molecular flexibility index (Phi) is 4.39. The van der Waals surface area contributed by atoms with E-state index in [9.17, 15) is 0 Å². The summed E-state index contributed by atoms with van der Waals surface area (Å²) in [6.07, 6.45) is 2.33. The molecule has 4 heteroatoms. The summed E-state index contributed by atoms with van der Waals surface area (Å²) in [7, 11) is 1.93. The van der Waals surface area contributed by atoms with Crippen molar-refractivity contribution in [3.8, 4) is 0 Å². The molecular formula is C12H22ClN3. The van der Waals surface area contributed by atoms with Gasteiger partial charge in [0.15, 0.2) is 0 Å². The van der Waals surface area contributed by atoms with Crippen LogP contribution in [0, 0.1) is 6.92 Å². The number of nitrogens with one attached hydrogen (secondary N) is 1. The molecule has 0 amide bonds. The minimum Gasteiger partial charge on any atom is -0.306 e. The van der Waals surface area contributed by atoms with Crippen LogP contribution >= 0.6 is 11.6 Å². The first-order valence-corrected chi connectivity index (χ1v) is 6.18. The first-order chi connectivity index (χ1) is 7.37. The van der Waals surface area contributed by atoms with Crippen LogP contribution in [0.25, 0.3) is 0 Å². The second-order valence-electron chi connectivity index (χ2n) is 4.96. The van der Waals surface area contributed by atoms with E-state index in [1.54, 1.807) is 0 Å². The molecule has 3 nitrogen and oxygen atoms in total. The normalized spacial score (nSPS) is 12.1. The third kappa shape index (κ3) is 3.22. The maximum absolute atomic E-state index is 6.20. The molecule has 0 aliphatic carbocycles. The molecule has 0 spiro atoms. The summed E-state index contributed by atoms with van der Waals surface area (Å²) in [5.74, 6) is 0. The third-order valence-corrected chi connectivity index (χ3v) is 3.36. The van der Waals surface area contributed by atoms with Crippen LogP contribution in [0.3, 0.4) is 0 Å². The van der Waals surface area contributed by atoms with E-state index in [1.165, 1.54) is 6.42 Å². The van der Waals surface area contributed by atoms with Gasteiger partial charge in [0, 0.05) is 19.1 Å². The lowest BCUT2D eigenvalue weighted by atomic mass is 9.99. The Bertz CT molecular complexity index is 355. The van der Waals surface area contributed by atoms with E-state index in [4.69, 9.17) is 11.6 Å². The number of nitrogens with zero attached hydrogens (tertiary/aromatic N) is 2. The van der Waals surface area contributed by atoms with Crippen molar-refractivity contribution in [2.45, 2.75) is 52.6 Å². The molecule has 16 heavy (non-hydrogen) atoms. The Hall–Kier alpha value is -0.540. The second-order valence-corrected chi connectivity index (χ2v) is 5.34. The van der Waals surface area contributed by atoms with E-state index in [2.05, 4.69) is 31.2 Å². The fraction of sp³-hybridized carbons (Fsp3) is 0.750. The van der Waals surface area contributed by atoms with E-state index in [0.29, 0.717) is 0 Å². The molecule has 0 fully saturated rings. The van der Waals surface area contributed by atoms with Gasteiger partial charge in [-0.25, -0.2) is 0 Å². The zero-order valence-corrected chi connectivity index (χ0v) is 11.6. The van der Waals surface area contributed by atoms with E-state index in [0.717, 1.165) is 29.4 Å². The molecule has 0 aromatic carbocycles. The highest BCUT2D eigenvalue weighted by Gasteiger charge is 2.18. The number of hydrogen-bond acceptors (Lipinski definition) is 2. The van der Waals surface area contributed by atoms with Crippen LogP contribution in [-0.2, 0) is 13.6 Å². The van der Waals surface area contributed by atoms with Crippen molar-refractivity contribution in [3.63, 3.8) is 0 Å². The Balaban J connectivity index is 2.67. The molecule has 1 rings (SSSR count). The van der Waals surface area contributed by atoms with Gasteiger partial charge in [0.25, 0.3) is 0 Å². The molecule has 1 aromatic rings. The van der Waals surface area contributed by atoms with Gasteiger partial charge < -0.3 is 5.32 Å². The van der Waals surface area contributed by atoms with Crippen LogP contribution in [0.5, 0.6) is 0 Å². The molecule has 1 N–H and O–H groups in total. The predicted molar refractivity (Wildman–Crippen MR) is 68.8 cm³/mol. The summed E-state index contributed by atoms with van der Waals surface area (Å²) >= 11 is 6.20. The highest BCUT2D eigenvalue weighted by molar-refractivity contribution is 6.31. The van der Waals surface area contributed by atoms with Gasteiger partial charge in [0.1, 0.15) is 0 Å². The Labute approximate surface area is 103 Å².